The first-order valence-corrected chi connectivity index (χ1v) is 19.7. The van der Waals surface area contributed by atoms with E-state index in [9.17, 15) is 9.59 Å². The summed E-state index contributed by atoms with van der Waals surface area (Å²) in [5.41, 5.74) is 1.83. The molecule has 0 aromatic heterocycles. The second-order valence-electron chi connectivity index (χ2n) is 13.4. The van der Waals surface area contributed by atoms with Crippen molar-refractivity contribution >= 4 is 42.3 Å². The van der Waals surface area contributed by atoms with Crippen molar-refractivity contribution in [2.24, 2.45) is 11.8 Å². The van der Waals surface area contributed by atoms with Gasteiger partial charge in [0, 0.05) is 18.1 Å². The lowest BCUT2D eigenvalue weighted by atomic mass is 9.70. The zero-order valence-electron chi connectivity index (χ0n) is 27.8. The zero-order chi connectivity index (χ0) is 33.1. The van der Waals surface area contributed by atoms with E-state index in [-0.39, 0.29) is 41.3 Å². The number of benzene rings is 4. The summed E-state index contributed by atoms with van der Waals surface area (Å²) in [5.74, 6) is 1.66. The number of hydrogen-bond acceptors (Lipinski definition) is 5. The molecule has 1 unspecified atom stereocenters. The Morgan fingerprint density at radius 1 is 0.809 bits per heavy atom. The number of amides is 1. The zero-order valence-corrected chi connectivity index (χ0v) is 29.6. The van der Waals surface area contributed by atoms with Crippen molar-refractivity contribution in [1.29, 1.82) is 0 Å². The minimum absolute atomic E-state index is 0.000161. The van der Waals surface area contributed by atoms with Gasteiger partial charge in [0.2, 0.25) is 5.91 Å². The van der Waals surface area contributed by atoms with Crippen LogP contribution in [0, 0.1) is 11.8 Å². The van der Waals surface area contributed by atoms with Gasteiger partial charge in [-0.15, -0.1) is 0 Å². The van der Waals surface area contributed by atoms with E-state index < -0.39 is 8.32 Å². The maximum absolute atomic E-state index is 13.6. The summed E-state index contributed by atoms with van der Waals surface area (Å²) in [6.07, 6.45) is 1.80. The van der Waals surface area contributed by atoms with Gasteiger partial charge in [-0.2, -0.15) is 11.8 Å². The molecule has 1 fully saturated rings. The predicted octanol–water partition coefficient (Wildman–Crippen LogP) is 7.25. The van der Waals surface area contributed by atoms with Crippen LogP contribution in [0.3, 0.4) is 0 Å². The maximum atomic E-state index is 13.6. The van der Waals surface area contributed by atoms with Crippen LogP contribution in [0.2, 0.25) is 5.04 Å². The standard InChI is InChI=1S/C40H47NO4SSi/c1-40(2,3)47(34-20-12-6-13-21-34,35-22-14-7-15-23-35)45-37(28-38(42)41-26-27-46-30-31-16-8-4-9-17-31)36-25-24-33(36)29-44-39(43)32-18-10-5-11-19-32/h4-23,33,36-37H,24-30H2,1-3H3,(H,41,42)/t33-,36+,37?/m0/s1. The Hall–Kier alpha value is -3.65. The van der Waals surface area contributed by atoms with E-state index in [2.05, 4.69) is 98.9 Å². The van der Waals surface area contributed by atoms with Crippen molar-refractivity contribution < 1.29 is 18.8 Å². The van der Waals surface area contributed by atoms with E-state index >= 15 is 0 Å². The Kier molecular flexibility index (Phi) is 12.1. The van der Waals surface area contributed by atoms with Gasteiger partial charge in [0.05, 0.1) is 24.7 Å². The van der Waals surface area contributed by atoms with Gasteiger partial charge in [0.15, 0.2) is 0 Å². The molecule has 4 aromatic rings. The molecule has 0 radical (unpaired) electrons. The van der Waals surface area contributed by atoms with E-state index in [1.54, 1.807) is 12.1 Å². The second-order valence-corrected chi connectivity index (χ2v) is 18.7. The number of nitrogens with one attached hydrogen (secondary N) is 1. The molecule has 0 bridgehead atoms. The highest BCUT2D eigenvalue weighted by molar-refractivity contribution is 7.98. The summed E-state index contributed by atoms with van der Waals surface area (Å²) in [6.45, 7) is 7.71. The molecule has 1 aliphatic carbocycles. The molecule has 0 heterocycles. The van der Waals surface area contributed by atoms with Crippen molar-refractivity contribution in [3.63, 3.8) is 0 Å². The van der Waals surface area contributed by atoms with Crippen LogP contribution in [-0.4, -0.2) is 45.2 Å². The van der Waals surface area contributed by atoms with Crippen molar-refractivity contribution in [2.75, 3.05) is 18.9 Å². The van der Waals surface area contributed by atoms with Gasteiger partial charge in [-0.25, -0.2) is 4.79 Å². The lowest BCUT2D eigenvalue weighted by molar-refractivity contribution is -0.124. The summed E-state index contributed by atoms with van der Waals surface area (Å²) in [5, 5.41) is 5.33. The van der Waals surface area contributed by atoms with E-state index in [1.165, 1.54) is 15.9 Å². The van der Waals surface area contributed by atoms with E-state index in [4.69, 9.17) is 9.16 Å². The van der Waals surface area contributed by atoms with Crippen LogP contribution in [0.4, 0.5) is 0 Å². The minimum atomic E-state index is -2.92. The molecule has 4 aromatic carbocycles. The first-order valence-electron chi connectivity index (χ1n) is 16.7. The highest BCUT2D eigenvalue weighted by Crippen LogP contribution is 2.44. The van der Waals surface area contributed by atoms with Crippen LogP contribution in [0.15, 0.2) is 121 Å². The minimum Gasteiger partial charge on any atom is -0.462 e. The molecule has 1 N–H and O–H groups in total. The molecule has 1 amide bonds. The van der Waals surface area contributed by atoms with Crippen LogP contribution < -0.4 is 15.7 Å². The van der Waals surface area contributed by atoms with E-state index in [0.717, 1.165) is 24.3 Å². The lowest BCUT2D eigenvalue weighted by Crippen LogP contribution is -2.68. The van der Waals surface area contributed by atoms with Crippen molar-refractivity contribution in [3.05, 3.63) is 132 Å². The first-order chi connectivity index (χ1) is 22.8. The van der Waals surface area contributed by atoms with E-state index in [0.29, 0.717) is 18.7 Å². The Morgan fingerprint density at radius 2 is 1.36 bits per heavy atom. The molecule has 0 aliphatic heterocycles. The number of carbonyl (C=O) groups excluding carboxylic acids is 2. The monoisotopic (exact) mass is 665 g/mol. The van der Waals surface area contributed by atoms with E-state index in [1.807, 2.05) is 48.2 Å². The molecular formula is C40H47NO4SSi. The molecular weight excluding hydrogens is 619 g/mol. The van der Waals surface area contributed by atoms with Crippen LogP contribution in [0.1, 0.15) is 56.0 Å². The number of ether oxygens (including phenoxy) is 1. The van der Waals surface area contributed by atoms with Gasteiger partial charge in [-0.3, -0.25) is 4.79 Å². The van der Waals surface area contributed by atoms with Gasteiger partial charge in [-0.1, -0.05) is 130 Å². The fourth-order valence-corrected chi connectivity index (χ4v) is 12.2. The van der Waals surface area contributed by atoms with Gasteiger partial charge in [0.25, 0.3) is 8.32 Å². The largest absolute Gasteiger partial charge is 0.462 e. The molecule has 1 aliphatic rings. The third kappa shape index (κ3) is 8.83. The van der Waals surface area contributed by atoms with Crippen LogP contribution in [-0.2, 0) is 19.7 Å². The number of rotatable bonds is 15. The quantitative estimate of drug-likeness (QED) is 0.0824. The Bertz CT molecular complexity index is 1510. The third-order valence-electron chi connectivity index (χ3n) is 9.20. The molecule has 3 atom stereocenters. The highest BCUT2D eigenvalue weighted by Gasteiger charge is 2.53. The van der Waals surface area contributed by atoms with Crippen LogP contribution >= 0.6 is 11.8 Å². The first kappa shape index (κ1) is 34.7. The number of thioether (sulfide) groups is 1. The van der Waals surface area contributed by atoms with Crippen molar-refractivity contribution in [1.82, 2.24) is 5.32 Å². The summed E-state index contributed by atoms with van der Waals surface area (Å²) >= 11 is 1.82. The average Bonchev–Trinajstić information content (AvgIpc) is 3.07. The number of hydrogen-bond donors (Lipinski definition) is 1. The van der Waals surface area contributed by atoms with Gasteiger partial charge in [0.1, 0.15) is 0 Å². The fraction of sp³-hybridized carbons (Fsp3) is 0.350. The second kappa shape index (κ2) is 16.4. The third-order valence-corrected chi connectivity index (χ3v) is 15.3. The Morgan fingerprint density at radius 3 is 1.89 bits per heavy atom. The number of esters is 1. The summed E-state index contributed by atoms with van der Waals surface area (Å²) in [4.78, 5) is 26.5. The van der Waals surface area contributed by atoms with Crippen molar-refractivity contribution in [2.45, 2.75) is 56.9 Å². The molecule has 0 spiro atoms. The molecule has 0 saturated heterocycles. The highest BCUT2D eigenvalue weighted by atomic mass is 32.2. The maximum Gasteiger partial charge on any atom is 0.338 e. The summed E-state index contributed by atoms with van der Waals surface area (Å²) in [7, 11) is -2.92. The smallest absolute Gasteiger partial charge is 0.338 e. The normalized spacial score (nSPS) is 16.9. The van der Waals surface area contributed by atoms with Gasteiger partial charge in [-0.05, 0) is 57.8 Å². The average molecular weight is 666 g/mol. The predicted molar refractivity (Wildman–Crippen MR) is 196 cm³/mol. The number of carbonyl (C=O) groups is 2. The van der Waals surface area contributed by atoms with Gasteiger partial charge >= 0.3 is 5.97 Å². The SMILES string of the molecule is CC(C)(C)[Si](OC(CC(=O)NCCSCc1ccccc1)[C@@H]1CC[C@H]1COC(=O)c1ccccc1)(c1ccccc1)c1ccccc1. The molecule has 5 rings (SSSR count). The summed E-state index contributed by atoms with van der Waals surface area (Å²) in [6, 6.07) is 40.7. The molecule has 1 saturated carbocycles. The molecule has 5 nitrogen and oxygen atoms in total. The van der Waals surface area contributed by atoms with Gasteiger partial charge < -0.3 is 14.5 Å². The van der Waals surface area contributed by atoms with Crippen molar-refractivity contribution in [3.8, 4) is 0 Å². The topological polar surface area (TPSA) is 64.6 Å². The molecule has 7 heteroatoms. The lowest BCUT2D eigenvalue weighted by Gasteiger charge is -2.49. The van der Waals surface area contributed by atoms with Crippen LogP contribution in [0.25, 0.3) is 0 Å². The fourth-order valence-electron chi connectivity index (χ4n) is 6.61. The molecule has 246 valence electrons. The molecule has 47 heavy (non-hydrogen) atoms. The Labute approximate surface area is 285 Å². The summed E-state index contributed by atoms with van der Waals surface area (Å²) < 4.78 is 13.4. The van der Waals surface area contributed by atoms with Crippen LogP contribution in [0.5, 0.6) is 0 Å². The Balaban J connectivity index is 1.36.